The van der Waals surface area contributed by atoms with Gasteiger partial charge in [0.15, 0.2) is 0 Å². The van der Waals surface area contributed by atoms with Crippen LogP contribution in [0, 0.1) is 10.1 Å². The average Bonchev–Trinajstić information content (AvgIpc) is 1.65. The molecule has 48 valence electrons. The Morgan fingerprint density at radius 3 is 2.56 bits per heavy atom. The van der Waals surface area contributed by atoms with E-state index in [2.05, 4.69) is 17.9 Å². The molecule has 0 saturated heterocycles. The molecule has 0 amide bonds. The van der Waals surface area contributed by atoms with E-state index < -0.39 is 4.92 Å². The summed E-state index contributed by atoms with van der Waals surface area (Å²) in [4.78, 5) is 9.04. The molecule has 0 aliphatic rings. The van der Waals surface area contributed by atoms with Crippen LogP contribution in [0.15, 0.2) is 11.2 Å². The summed E-state index contributed by atoms with van der Waals surface area (Å²) < 4.78 is 0. The Bertz CT molecular complexity index is 132. The minimum Gasteiger partial charge on any atom is -1.00 e. The van der Waals surface area contributed by atoms with Gasteiger partial charge in [0.05, 0.1) is 4.92 Å². The number of nitrogens with zero attached hydrogens (tertiary/aromatic N) is 1. The zero-order valence-electron chi connectivity index (χ0n) is 6.29. The van der Waals surface area contributed by atoms with Gasteiger partial charge in [-0.3, -0.25) is 10.1 Å². The molecule has 0 aliphatic heterocycles. The van der Waals surface area contributed by atoms with Crippen molar-refractivity contribution in [3.8, 4) is 0 Å². The fourth-order valence-electron chi connectivity index (χ4n) is 0.164. The second kappa shape index (κ2) is 7.04. The molecule has 4 nitrogen and oxygen atoms in total. The minimum atomic E-state index is -0.571. The van der Waals surface area contributed by atoms with Crippen molar-refractivity contribution < 1.29 is 57.7 Å². The predicted octanol–water partition coefficient (Wildman–Crippen LogP) is -2.67. The molecular formula is C3H7KN2O2S. The van der Waals surface area contributed by atoms with E-state index >= 15 is 0 Å². The first-order valence-corrected chi connectivity index (χ1v) is 2.33. The molecule has 9 heavy (non-hydrogen) atoms. The van der Waals surface area contributed by atoms with Crippen molar-refractivity contribution in [1.82, 2.24) is 5.32 Å². The molecular weight excluding hydrogens is 167 g/mol. The Kier molecular flexibility index (Phi) is 9.85. The third-order valence-corrected chi connectivity index (χ3v) is 0.823. The van der Waals surface area contributed by atoms with Gasteiger partial charge in [0.2, 0.25) is 0 Å². The monoisotopic (exact) mass is 174 g/mol. The molecule has 0 fully saturated rings. The van der Waals surface area contributed by atoms with Crippen molar-refractivity contribution >= 4 is 12.6 Å². The molecule has 0 unspecified atom stereocenters. The van der Waals surface area contributed by atoms with Crippen LogP contribution in [0.5, 0.6) is 0 Å². The Hall–Kier alpha value is 0.926. The second-order valence-corrected chi connectivity index (χ2v) is 1.53. The Balaban J connectivity index is -0.000000245. The molecule has 0 aromatic carbocycles. The number of hydrogen-bond donors (Lipinski definition) is 2. The summed E-state index contributed by atoms with van der Waals surface area (Å²) in [5.41, 5.74) is 0. The van der Waals surface area contributed by atoms with E-state index in [1.54, 1.807) is 7.05 Å². The van der Waals surface area contributed by atoms with Crippen molar-refractivity contribution in [3.05, 3.63) is 21.3 Å². The molecule has 0 radical (unpaired) electrons. The van der Waals surface area contributed by atoms with Crippen LogP contribution >= 0.6 is 12.6 Å². The normalized spacial score (nSPS) is 9.78. The third kappa shape index (κ3) is 8.93. The van der Waals surface area contributed by atoms with Crippen LogP contribution in [0.2, 0.25) is 0 Å². The summed E-state index contributed by atoms with van der Waals surface area (Å²) in [5, 5.41) is 12.3. The van der Waals surface area contributed by atoms with Crippen molar-refractivity contribution in [1.29, 1.82) is 0 Å². The van der Waals surface area contributed by atoms with Gasteiger partial charge in [-0.15, -0.1) is 12.6 Å². The molecule has 0 saturated carbocycles. The van der Waals surface area contributed by atoms with Crippen molar-refractivity contribution in [2.24, 2.45) is 0 Å². The summed E-state index contributed by atoms with van der Waals surface area (Å²) >= 11 is 3.68. The van der Waals surface area contributed by atoms with E-state index in [4.69, 9.17) is 0 Å². The number of thiol groups is 1. The van der Waals surface area contributed by atoms with E-state index in [0.29, 0.717) is 0 Å². The second-order valence-electron chi connectivity index (χ2n) is 1.05. The Morgan fingerprint density at radius 2 is 2.44 bits per heavy atom. The first kappa shape index (κ1) is 12.6. The van der Waals surface area contributed by atoms with Crippen LogP contribution in [-0.4, -0.2) is 12.0 Å². The van der Waals surface area contributed by atoms with Crippen molar-refractivity contribution in [3.63, 3.8) is 0 Å². The Morgan fingerprint density at radius 1 is 2.00 bits per heavy atom. The summed E-state index contributed by atoms with van der Waals surface area (Å²) in [5.74, 6) is 0. The molecule has 0 rings (SSSR count). The standard InChI is InChI=1S/C3H6N2O2S.K.H/c1-4-3(8)2-5(6)7;;/h2,4,8H,1H3;;/q;+1;-1/b3-2+;;. The molecule has 0 atom stereocenters. The van der Waals surface area contributed by atoms with Gasteiger partial charge in [0, 0.05) is 7.05 Å². The number of nitro groups is 1. The number of hydrogen-bond acceptors (Lipinski definition) is 4. The molecule has 0 aromatic heterocycles. The maximum atomic E-state index is 9.61. The molecule has 0 aromatic rings. The van der Waals surface area contributed by atoms with Crippen LogP contribution in [0.1, 0.15) is 1.43 Å². The molecule has 0 bridgehead atoms. The van der Waals surface area contributed by atoms with Crippen LogP contribution in [0.3, 0.4) is 0 Å². The molecule has 0 spiro atoms. The first-order valence-electron chi connectivity index (χ1n) is 1.89. The van der Waals surface area contributed by atoms with Crippen molar-refractivity contribution in [2.45, 2.75) is 0 Å². The first-order chi connectivity index (χ1) is 3.66. The van der Waals surface area contributed by atoms with E-state index in [1.165, 1.54) is 0 Å². The van der Waals surface area contributed by atoms with Crippen molar-refractivity contribution in [2.75, 3.05) is 7.05 Å². The maximum absolute atomic E-state index is 9.61. The van der Waals surface area contributed by atoms with Gasteiger partial charge >= 0.3 is 51.4 Å². The molecule has 0 heterocycles. The smallest absolute Gasteiger partial charge is 1.00 e. The molecule has 0 aliphatic carbocycles. The van der Waals surface area contributed by atoms with Gasteiger partial charge in [-0.1, -0.05) is 0 Å². The molecule has 6 heteroatoms. The van der Waals surface area contributed by atoms with E-state index in [9.17, 15) is 10.1 Å². The fraction of sp³-hybridized carbons (Fsp3) is 0.333. The van der Waals surface area contributed by atoms with E-state index in [0.717, 1.165) is 6.20 Å². The predicted molar refractivity (Wildman–Crippen MR) is 34.2 cm³/mol. The van der Waals surface area contributed by atoms with E-state index in [-0.39, 0.29) is 57.8 Å². The molecule has 1 N–H and O–H groups in total. The summed E-state index contributed by atoms with van der Waals surface area (Å²) in [6.45, 7) is 0. The fourth-order valence-corrected chi connectivity index (χ4v) is 0.259. The van der Waals surface area contributed by atoms with Gasteiger partial charge in [-0.25, -0.2) is 0 Å². The number of nitrogens with one attached hydrogen (secondary N) is 1. The minimum absolute atomic E-state index is 0. The van der Waals surface area contributed by atoms with Crippen LogP contribution in [0.25, 0.3) is 0 Å². The topological polar surface area (TPSA) is 55.2 Å². The number of rotatable bonds is 2. The van der Waals surface area contributed by atoms with Gasteiger partial charge in [0.1, 0.15) is 5.03 Å². The summed E-state index contributed by atoms with van der Waals surface area (Å²) in [6, 6.07) is 0. The summed E-state index contributed by atoms with van der Waals surface area (Å²) in [7, 11) is 1.56. The average molecular weight is 174 g/mol. The van der Waals surface area contributed by atoms with Gasteiger partial charge in [0.25, 0.3) is 6.20 Å². The van der Waals surface area contributed by atoms with Crippen LogP contribution in [-0.2, 0) is 0 Å². The zero-order chi connectivity index (χ0) is 6.57. The maximum Gasteiger partial charge on any atom is 1.00 e. The van der Waals surface area contributed by atoms with E-state index in [1.807, 2.05) is 0 Å². The zero-order valence-corrected chi connectivity index (χ0v) is 9.31. The third-order valence-electron chi connectivity index (χ3n) is 0.484. The van der Waals surface area contributed by atoms with Gasteiger partial charge < -0.3 is 6.74 Å². The largest absolute Gasteiger partial charge is 1.00 e. The van der Waals surface area contributed by atoms with Gasteiger partial charge in [-0.2, -0.15) is 0 Å². The van der Waals surface area contributed by atoms with Crippen LogP contribution < -0.4 is 56.7 Å². The van der Waals surface area contributed by atoms with Crippen LogP contribution in [0.4, 0.5) is 0 Å². The summed E-state index contributed by atoms with van der Waals surface area (Å²) in [6.07, 6.45) is 0.781. The SMILES string of the molecule is CN/C(S)=C\[N+](=O)[O-].[H-].[K+]. The van der Waals surface area contributed by atoms with Gasteiger partial charge in [-0.05, 0) is 0 Å². The Labute approximate surface area is 103 Å². The quantitative estimate of drug-likeness (QED) is 0.208.